The first-order valence-corrected chi connectivity index (χ1v) is 14.4. The molecule has 1 N–H and O–H groups in total. The number of aliphatic hydroxyl groups excluding tert-OH is 1. The smallest absolute Gasteiger partial charge is 0.296 e. The summed E-state index contributed by atoms with van der Waals surface area (Å²) in [6.07, 6.45) is 3.06. The molecule has 1 unspecified atom stereocenters. The van der Waals surface area contributed by atoms with Crippen LogP contribution in [0.25, 0.3) is 16.8 Å². The van der Waals surface area contributed by atoms with Crippen LogP contribution in [-0.2, 0) is 15.3 Å². The van der Waals surface area contributed by atoms with Gasteiger partial charge in [-0.3, -0.25) is 14.5 Å². The van der Waals surface area contributed by atoms with E-state index in [2.05, 4.69) is 34.5 Å². The number of aromatic nitrogens is 2. The number of hydrogen-bond acceptors (Lipinski definition) is 7. The molecule has 8 heteroatoms. The van der Waals surface area contributed by atoms with Crippen molar-refractivity contribution in [1.82, 2.24) is 10.2 Å². The van der Waals surface area contributed by atoms with Gasteiger partial charge in [0.25, 0.3) is 5.91 Å². The van der Waals surface area contributed by atoms with Crippen LogP contribution < -0.4 is 4.90 Å². The molecule has 1 aliphatic rings. The van der Waals surface area contributed by atoms with Crippen LogP contribution in [-0.4, -0.2) is 27.0 Å². The molecule has 0 fully saturated rings. The zero-order chi connectivity index (χ0) is 27.5. The summed E-state index contributed by atoms with van der Waals surface area (Å²) in [6.45, 7) is 0. The number of carbonyl (C=O) groups is 2. The molecule has 5 aromatic rings. The van der Waals surface area contributed by atoms with Crippen LogP contribution >= 0.6 is 23.1 Å². The van der Waals surface area contributed by atoms with Gasteiger partial charge in [0.2, 0.25) is 5.13 Å². The molecular weight excluding hydrogens is 539 g/mol. The summed E-state index contributed by atoms with van der Waals surface area (Å²) >= 11 is 2.79. The Balaban J connectivity index is 1.29. The van der Waals surface area contributed by atoms with Crippen molar-refractivity contribution in [3.63, 3.8) is 0 Å². The van der Waals surface area contributed by atoms with Gasteiger partial charge in [0.15, 0.2) is 15.9 Å². The van der Waals surface area contributed by atoms with Gasteiger partial charge in [0.1, 0.15) is 0 Å². The third-order valence-corrected chi connectivity index (χ3v) is 8.75. The second-order valence-corrected chi connectivity index (χ2v) is 11.3. The lowest BCUT2D eigenvalue weighted by molar-refractivity contribution is -0.117. The van der Waals surface area contributed by atoms with E-state index in [9.17, 15) is 14.7 Å². The molecule has 1 aliphatic heterocycles. The summed E-state index contributed by atoms with van der Waals surface area (Å²) in [5.74, 6) is -1.01. The van der Waals surface area contributed by atoms with Crippen LogP contribution in [0.1, 0.15) is 22.7 Å². The Morgan fingerprint density at radius 2 is 1.60 bits per heavy atom. The number of ketones is 1. The summed E-state index contributed by atoms with van der Waals surface area (Å²) in [7, 11) is 0. The number of amides is 1. The van der Waals surface area contributed by atoms with Gasteiger partial charge < -0.3 is 5.11 Å². The van der Waals surface area contributed by atoms with Crippen LogP contribution in [0.2, 0.25) is 0 Å². The minimum absolute atomic E-state index is 0.0172. The van der Waals surface area contributed by atoms with Crippen molar-refractivity contribution < 1.29 is 14.7 Å². The first kappa shape index (κ1) is 25.7. The lowest BCUT2D eigenvalue weighted by Gasteiger charge is -2.23. The van der Waals surface area contributed by atoms with E-state index < -0.39 is 23.5 Å². The third-order valence-electron chi connectivity index (χ3n) is 6.65. The Kier molecular flexibility index (Phi) is 7.27. The molecule has 0 bridgehead atoms. The number of carbonyl (C=O) groups excluding carboxylic acids is 2. The fourth-order valence-electron chi connectivity index (χ4n) is 4.75. The van der Waals surface area contributed by atoms with E-state index in [1.165, 1.54) is 50.4 Å². The van der Waals surface area contributed by atoms with Gasteiger partial charge in [-0.25, -0.2) is 0 Å². The topological polar surface area (TPSA) is 83.4 Å². The van der Waals surface area contributed by atoms with Gasteiger partial charge in [-0.1, -0.05) is 132 Å². The van der Waals surface area contributed by atoms with Crippen molar-refractivity contribution >= 4 is 56.8 Å². The average Bonchev–Trinajstić information content (AvgIpc) is 3.57. The number of thioether (sulfide) groups is 1. The standard InChI is InChI=1S/C32H23N3O3S2/c36-26(19-18-21-10-3-1-4-11-21)27-28(23-13-5-2-6-14-23)35(30(38)29(27)37)31-33-34-32(40-31)39-20-24-16-9-15-22-12-7-8-17-25(22)24/h1-19,28,37H,20H2. The van der Waals surface area contributed by atoms with Crippen molar-refractivity contribution in [2.75, 3.05) is 4.90 Å². The molecule has 0 spiro atoms. The number of rotatable bonds is 8. The molecule has 196 valence electrons. The second kappa shape index (κ2) is 11.3. The van der Waals surface area contributed by atoms with Gasteiger partial charge in [0.05, 0.1) is 11.6 Å². The molecule has 1 aromatic heterocycles. The normalized spacial score (nSPS) is 15.4. The summed E-state index contributed by atoms with van der Waals surface area (Å²) in [4.78, 5) is 28.1. The molecule has 6 nitrogen and oxygen atoms in total. The van der Waals surface area contributed by atoms with Crippen LogP contribution in [0.15, 0.2) is 125 Å². The summed E-state index contributed by atoms with van der Waals surface area (Å²) in [5.41, 5.74) is 2.72. The second-order valence-electron chi connectivity index (χ2n) is 9.14. The number of allylic oxidation sites excluding steroid dienone is 1. The number of aliphatic hydroxyl groups is 1. The molecule has 6 rings (SSSR count). The van der Waals surface area contributed by atoms with Crippen LogP contribution in [0, 0.1) is 0 Å². The number of benzene rings is 4. The van der Waals surface area contributed by atoms with Gasteiger partial charge in [-0.2, -0.15) is 0 Å². The first-order valence-electron chi connectivity index (χ1n) is 12.6. The van der Waals surface area contributed by atoms with Crippen molar-refractivity contribution in [2.45, 2.75) is 16.1 Å². The number of anilines is 1. The van der Waals surface area contributed by atoms with Crippen molar-refractivity contribution in [1.29, 1.82) is 0 Å². The van der Waals surface area contributed by atoms with Crippen molar-refractivity contribution in [3.8, 4) is 0 Å². The Labute approximate surface area is 239 Å². The van der Waals surface area contributed by atoms with E-state index in [4.69, 9.17) is 0 Å². The monoisotopic (exact) mass is 561 g/mol. The number of fused-ring (bicyclic) bond motifs is 1. The maximum atomic E-state index is 13.4. The zero-order valence-electron chi connectivity index (χ0n) is 21.2. The number of hydrogen-bond donors (Lipinski definition) is 1. The maximum Gasteiger partial charge on any atom is 0.296 e. The van der Waals surface area contributed by atoms with E-state index in [0.29, 0.717) is 20.8 Å². The molecule has 1 atom stereocenters. The van der Waals surface area contributed by atoms with Crippen molar-refractivity contribution in [2.24, 2.45) is 0 Å². The van der Waals surface area contributed by atoms with Gasteiger partial charge in [-0.05, 0) is 33.5 Å². The maximum absolute atomic E-state index is 13.4. The fourth-order valence-corrected chi connectivity index (χ4v) is 6.62. The number of nitrogens with zero attached hydrogens (tertiary/aromatic N) is 3. The van der Waals surface area contributed by atoms with Gasteiger partial charge in [-0.15, -0.1) is 10.2 Å². The van der Waals surface area contributed by atoms with Gasteiger partial charge >= 0.3 is 0 Å². The van der Waals surface area contributed by atoms with Crippen molar-refractivity contribution in [3.05, 3.63) is 137 Å². The highest BCUT2D eigenvalue weighted by Crippen LogP contribution is 2.43. The van der Waals surface area contributed by atoms with Crippen LogP contribution in [0.3, 0.4) is 0 Å². The van der Waals surface area contributed by atoms with Gasteiger partial charge in [0, 0.05) is 5.75 Å². The predicted molar refractivity (Wildman–Crippen MR) is 160 cm³/mol. The third kappa shape index (κ3) is 5.06. The molecule has 2 heterocycles. The van der Waals surface area contributed by atoms with E-state index >= 15 is 0 Å². The van der Waals surface area contributed by atoms with E-state index in [1.54, 1.807) is 6.08 Å². The quantitative estimate of drug-likeness (QED) is 0.123. The molecule has 0 saturated heterocycles. The molecule has 4 aromatic carbocycles. The largest absolute Gasteiger partial charge is 0.503 e. The Bertz CT molecular complexity index is 1760. The predicted octanol–water partition coefficient (Wildman–Crippen LogP) is 7.17. The molecule has 0 aliphatic carbocycles. The van der Waals surface area contributed by atoms with E-state index in [-0.39, 0.29) is 5.57 Å². The highest BCUT2D eigenvalue weighted by Gasteiger charge is 2.45. The molecule has 0 radical (unpaired) electrons. The summed E-state index contributed by atoms with van der Waals surface area (Å²) in [6, 6.07) is 32.2. The summed E-state index contributed by atoms with van der Waals surface area (Å²) < 4.78 is 0.686. The highest BCUT2D eigenvalue weighted by atomic mass is 32.2. The van der Waals surface area contributed by atoms with Crippen LogP contribution in [0.5, 0.6) is 0 Å². The summed E-state index contributed by atoms with van der Waals surface area (Å²) in [5, 5.41) is 22.2. The molecular formula is C32H23N3O3S2. The minimum atomic E-state index is -0.828. The molecule has 40 heavy (non-hydrogen) atoms. The zero-order valence-corrected chi connectivity index (χ0v) is 22.8. The lowest BCUT2D eigenvalue weighted by atomic mass is 9.96. The average molecular weight is 562 g/mol. The lowest BCUT2D eigenvalue weighted by Crippen LogP contribution is -2.30. The Morgan fingerprint density at radius 1 is 0.900 bits per heavy atom. The minimum Gasteiger partial charge on any atom is -0.503 e. The van der Waals surface area contributed by atoms with Crippen LogP contribution in [0.4, 0.5) is 5.13 Å². The Hall–Kier alpha value is -4.53. The van der Waals surface area contributed by atoms with E-state index in [1.807, 2.05) is 78.9 Å². The first-order chi connectivity index (χ1) is 19.6. The SMILES string of the molecule is O=C(C=Cc1ccccc1)C1=C(O)C(=O)N(c2nnc(SCc3cccc4ccccc34)s2)C1c1ccccc1. The molecule has 1 amide bonds. The highest BCUT2D eigenvalue weighted by molar-refractivity contribution is 8.00. The Morgan fingerprint density at radius 3 is 2.40 bits per heavy atom. The molecule has 0 saturated carbocycles. The fraction of sp³-hybridized carbons (Fsp3) is 0.0625. The van der Waals surface area contributed by atoms with E-state index in [0.717, 1.165) is 5.56 Å².